The summed E-state index contributed by atoms with van der Waals surface area (Å²) >= 11 is 0. The van der Waals surface area contributed by atoms with Gasteiger partial charge in [0.05, 0.1) is 30.0 Å². The van der Waals surface area contributed by atoms with Crippen LogP contribution >= 0.6 is 0 Å². The van der Waals surface area contributed by atoms with E-state index in [9.17, 15) is 18.0 Å². The number of hydrogen-bond donors (Lipinski definition) is 1. The number of pyridine rings is 1. The molecule has 2 aromatic heterocycles. The molecule has 3 rings (SSSR count). The van der Waals surface area contributed by atoms with Gasteiger partial charge in [-0.05, 0) is 44.5 Å². The molecular formula is C23H25F3N4O2. The standard InChI is InChI=1S/C23H25F3N4O2/c1-4-11-32-22-17(7-6-10-27-22)14-28-21(31)13-20-15(2)29-30(16(20)3)19-9-5-8-18(12-19)23(24,25)26/h5-10,12H,4,11,13-14H2,1-3H3,(H,28,31). The number of halogens is 3. The van der Waals surface area contributed by atoms with Crippen molar-refractivity contribution in [3.05, 3.63) is 70.7 Å². The first-order valence-electron chi connectivity index (χ1n) is 10.3. The predicted molar refractivity (Wildman–Crippen MR) is 114 cm³/mol. The quantitative estimate of drug-likeness (QED) is 0.551. The Morgan fingerprint density at radius 2 is 1.97 bits per heavy atom. The van der Waals surface area contributed by atoms with E-state index >= 15 is 0 Å². The average molecular weight is 446 g/mol. The lowest BCUT2D eigenvalue weighted by Gasteiger charge is -2.11. The Labute approximate surface area is 184 Å². The van der Waals surface area contributed by atoms with Gasteiger partial charge in [0, 0.05) is 29.6 Å². The molecule has 0 spiro atoms. The highest BCUT2D eigenvalue weighted by Crippen LogP contribution is 2.31. The summed E-state index contributed by atoms with van der Waals surface area (Å²) in [6, 6.07) is 8.56. The molecular weight excluding hydrogens is 421 g/mol. The smallest absolute Gasteiger partial charge is 0.416 e. The summed E-state index contributed by atoms with van der Waals surface area (Å²) in [5.74, 6) is 0.254. The van der Waals surface area contributed by atoms with E-state index in [2.05, 4.69) is 15.4 Å². The van der Waals surface area contributed by atoms with Crippen molar-refractivity contribution >= 4 is 5.91 Å². The van der Waals surface area contributed by atoms with Crippen molar-refractivity contribution in [3.63, 3.8) is 0 Å². The zero-order valence-corrected chi connectivity index (χ0v) is 18.2. The Morgan fingerprint density at radius 1 is 1.19 bits per heavy atom. The molecule has 0 fully saturated rings. The molecule has 0 saturated carbocycles. The lowest BCUT2D eigenvalue weighted by molar-refractivity contribution is -0.137. The third kappa shape index (κ3) is 5.46. The number of aromatic nitrogens is 3. The molecule has 0 saturated heterocycles. The molecule has 170 valence electrons. The number of carbonyl (C=O) groups is 1. The van der Waals surface area contributed by atoms with Crippen LogP contribution in [0, 0.1) is 13.8 Å². The van der Waals surface area contributed by atoms with Crippen LogP contribution in [0.15, 0.2) is 42.6 Å². The zero-order valence-electron chi connectivity index (χ0n) is 18.2. The Bertz CT molecular complexity index is 1090. The van der Waals surface area contributed by atoms with Crippen LogP contribution in [-0.2, 0) is 23.9 Å². The Kier molecular flexibility index (Phi) is 7.17. The normalized spacial score (nSPS) is 11.4. The molecule has 0 aliphatic carbocycles. The molecule has 0 aliphatic rings. The number of nitrogens with one attached hydrogen (secondary N) is 1. The van der Waals surface area contributed by atoms with Crippen LogP contribution in [0.3, 0.4) is 0 Å². The molecule has 0 aliphatic heterocycles. The minimum Gasteiger partial charge on any atom is -0.477 e. The van der Waals surface area contributed by atoms with Gasteiger partial charge in [-0.15, -0.1) is 0 Å². The molecule has 3 aromatic rings. The van der Waals surface area contributed by atoms with Gasteiger partial charge in [0.25, 0.3) is 0 Å². The fourth-order valence-electron chi connectivity index (χ4n) is 3.30. The van der Waals surface area contributed by atoms with Gasteiger partial charge in [0.15, 0.2) is 0 Å². The first kappa shape index (κ1) is 23.3. The predicted octanol–water partition coefficient (Wildman–Crippen LogP) is 4.55. The lowest BCUT2D eigenvalue weighted by atomic mass is 10.1. The number of carbonyl (C=O) groups excluding carboxylic acids is 1. The molecule has 6 nitrogen and oxygen atoms in total. The van der Waals surface area contributed by atoms with Crippen molar-refractivity contribution in [1.29, 1.82) is 0 Å². The highest BCUT2D eigenvalue weighted by atomic mass is 19.4. The van der Waals surface area contributed by atoms with Gasteiger partial charge in [0.1, 0.15) is 0 Å². The number of benzene rings is 1. The Morgan fingerprint density at radius 3 is 2.69 bits per heavy atom. The molecule has 9 heteroatoms. The summed E-state index contributed by atoms with van der Waals surface area (Å²) in [6.45, 7) is 6.25. The van der Waals surface area contributed by atoms with E-state index in [1.807, 2.05) is 13.0 Å². The minimum absolute atomic E-state index is 0.0576. The van der Waals surface area contributed by atoms with Crippen LogP contribution in [0.5, 0.6) is 5.88 Å². The van der Waals surface area contributed by atoms with Crippen LogP contribution in [0.2, 0.25) is 0 Å². The number of hydrogen-bond acceptors (Lipinski definition) is 4. The maximum absolute atomic E-state index is 13.1. The summed E-state index contributed by atoms with van der Waals surface area (Å²) in [4.78, 5) is 16.8. The molecule has 2 heterocycles. The second-order valence-electron chi connectivity index (χ2n) is 7.38. The average Bonchev–Trinajstić information content (AvgIpc) is 3.04. The Hall–Kier alpha value is -3.36. The molecule has 1 aromatic carbocycles. The first-order valence-corrected chi connectivity index (χ1v) is 10.3. The maximum Gasteiger partial charge on any atom is 0.416 e. The van der Waals surface area contributed by atoms with Crippen LogP contribution in [0.4, 0.5) is 13.2 Å². The number of nitrogens with zero attached hydrogens (tertiary/aromatic N) is 3. The van der Waals surface area contributed by atoms with Gasteiger partial charge in [-0.1, -0.05) is 19.1 Å². The van der Waals surface area contributed by atoms with Gasteiger partial charge < -0.3 is 10.1 Å². The third-order valence-corrected chi connectivity index (χ3v) is 4.97. The summed E-state index contributed by atoms with van der Waals surface area (Å²) in [5, 5.41) is 7.21. The molecule has 0 unspecified atom stereocenters. The summed E-state index contributed by atoms with van der Waals surface area (Å²) < 4.78 is 46.2. The lowest BCUT2D eigenvalue weighted by Crippen LogP contribution is -2.25. The van der Waals surface area contributed by atoms with Gasteiger partial charge in [0.2, 0.25) is 11.8 Å². The van der Waals surface area contributed by atoms with Gasteiger partial charge >= 0.3 is 6.18 Å². The van der Waals surface area contributed by atoms with E-state index in [-0.39, 0.29) is 18.9 Å². The zero-order chi connectivity index (χ0) is 23.3. The number of aryl methyl sites for hydroxylation is 1. The number of alkyl halides is 3. The summed E-state index contributed by atoms with van der Waals surface area (Å²) in [5.41, 5.74) is 2.18. The van der Waals surface area contributed by atoms with Crippen molar-refractivity contribution in [2.24, 2.45) is 0 Å². The fourth-order valence-corrected chi connectivity index (χ4v) is 3.30. The van der Waals surface area contributed by atoms with Crippen LogP contribution < -0.4 is 10.1 Å². The van der Waals surface area contributed by atoms with Crippen molar-refractivity contribution < 1.29 is 22.7 Å². The fraction of sp³-hybridized carbons (Fsp3) is 0.348. The molecule has 32 heavy (non-hydrogen) atoms. The highest BCUT2D eigenvalue weighted by molar-refractivity contribution is 5.79. The van der Waals surface area contributed by atoms with E-state index < -0.39 is 11.7 Å². The maximum atomic E-state index is 13.1. The van der Waals surface area contributed by atoms with E-state index in [0.717, 1.165) is 24.1 Å². The van der Waals surface area contributed by atoms with E-state index in [0.29, 0.717) is 35.1 Å². The van der Waals surface area contributed by atoms with Crippen molar-refractivity contribution in [1.82, 2.24) is 20.1 Å². The van der Waals surface area contributed by atoms with E-state index in [1.165, 1.54) is 10.7 Å². The largest absolute Gasteiger partial charge is 0.477 e. The van der Waals surface area contributed by atoms with Crippen molar-refractivity contribution in [3.8, 4) is 11.6 Å². The van der Waals surface area contributed by atoms with E-state index in [1.54, 1.807) is 32.2 Å². The second kappa shape index (κ2) is 9.84. The SMILES string of the molecule is CCCOc1ncccc1CNC(=O)Cc1c(C)nn(-c2cccc(C(F)(F)F)c2)c1C. The van der Waals surface area contributed by atoms with Gasteiger partial charge in [-0.2, -0.15) is 18.3 Å². The van der Waals surface area contributed by atoms with Gasteiger partial charge in [-0.3, -0.25) is 4.79 Å². The van der Waals surface area contributed by atoms with Crippen molar-refractivity contribution in [2.45, 2.75) is 46.3 Å². The number of ether oxygens (including phenoxy) is 1. The van der Waals surface area contributed by atoms with Crippen LogP contribution in [-0.4, -0.2) is 27.3 Å². The Balaban J connectivity index is 1.73. The topological polar surface area (TPSA) is 69.0 Å². The van der Waals surface area contributed by atoms with Crippen LogP contribution in [0.25, 0.3) is 5.69 Å². The minimum atomic E-state index is -4.44. The molecule has 0 bridgehead atoms. The monoisotopic (exact) mass is 446 g/mol. The van der Waals surface area contributed by atoms with E-state index in [4.69, 9.17) is 4.74 Å². The molecule has 0 atom stereocenters. The number of amides is 1. The first-order chi connectivity index (χ1) is 15.2. The second-order valence-corrected chi connectivity index (χ2v) is 7.38. The molecule has 1 N–H and O–H groups in total. The summed E-state index contributed by atoms with van der Waals surface area (Å²) in [6.07, 6.45) is -1.91. The van der Waals surface area contributed by atoms with Crippen molar-refractivity contribution in [2.75, 3.05) is 6.61 Å². The highest BCUT2D eigenvalue weighted by Gasteiger charge is 2.30. The summed E-state index contributed by atoms with van der Waals surface area (Å²) in [7, 11) is 0. The molecule has 1 amide bonds. The molecule has 0 radical (unpaired) electrons. The third-order valence-electron chi connectivity index (χ3n) is 4.97. The number of rotatable bonds is 8. The van der Waals surface area contributed by atoms with Crippen LogP contribution in [0.1, 0.15) is 41.4 Å². The van der Waals surface area contributed by atoms with Gasteiger partial charge in [-0.25, -0.2) is 9.67 Å².